The topological polar surface area (TPSA) is 140 Å². The third-order valence-electron chi connectivity index (χ3n) is 9.49. The van der Waals surface area contributed by atoms with E-state index in [0.717, 1.165) is 69.7 Å². The summed E-state index contributed by atoms with van der Waals surface area (Å²) in [5.41, 5.74) is 8.60. The molecule has 3 N–H and O–H groups in total. The number of nitrogens with one attached hydrogen (secondary N) is 1. The summed E-state index contributed by atoms with van der Waals surface area (Å²) in [6.07, 6.45) is 3.84. The van der Waals surface area contributed by atoms with Crippen LogP contribution in [-0.4, -0.2) is 116 Å². The second-order valence-corrected chi connectivity index (χ2v) is 14.0. The Morgan fingerprint density at radius 3 is 2.17 bits per heavy atom. The van der Waals surface area contributed by atoms with Gasteiger partial charge in [0.05, 0.1) is 0 Å². The van der Waals surface area contributed by atoms with Gasteiger partial charge >= 0.3 is 0 Å². The first-order chi connectivity index (χ1) is 19.7. The van der Waals surface area contributed by atoms with Gasteiger partial charge in [0.2, 0.25) is 11.8 Å². The van der Waals surface area contributed by atoms with Gasteiger partial charge in [-0.25, -0.2) is 0 Å². The summed E-state index contributed by atoms with van der Waals surface area (Å²) in [6.45, 7) is 7.21. The van der Waals surface area contributed by atoms with Crippen LogP contribution in [0, 0.1) is 5.92 Å². The number of anilines is 1. The average Bonchev–Trinajstić information content (AvgIpc) is 3.29. The lowest BCUT2D eigenvalue weighted by Gasteiger charge is -2.40. The second kappa shape index (κ2) is 11.6. The molecular weight excluding hydrogens is 546 g/mol. The van der Waals surface area contributed by atoms with Crippen molar-refractivity contribution < 1.29 is 22.8 Å². The van der Waals surface area contributed by atoms with Crippen LogP contribution in [0.25, 0.3) is 0 Å². The summed E-state index contributed by atoms with van der Waals surface area (Å²) >= 11 is 0. The van der Waals surface area contributed by atoms with Gasteiger partial charge in [0.1, 0.15) is 6.04 Å². The third kappa shape index (κ3) is 5.87. The van der Waals surface area contributed by atoms with Gasteiger partial charge in [-0.2, -0.15) is 17.0 Å². The fourth-order valence-corrected chi connectivity index (χ4v) is 8.57. The number of piperazine rings is 1. The van der Waals surface area contributed by atoms with Crippen LogP contribution in [0.1, 0.15) is 54.4 Å². The minimum Gasteiger partial charge on any atom is -0.369 e. The van der Waals surface area contributed by atoms with E-state index in [1.807, 2.05) is 12.1 Å². The van der Waals surface area contributed by atoms with Crippen molar-refractivity contribution in [2.75, 3.05) is 63.8 Å². The van der Waals surface area contributed by atoms with Crippen LogP contribution in [0.5, 0.6) is 0 Å². The van der Waals surface area contributed by atoms with Gasteiger partial charge in [-0.15, -0.1) is 0 Å². The molecule has 41 heavy (non-hydrogen) atoms. The Labute approximate surface area is 242 Å². The first-order valence-corrected chi connectivity index (χ1v) is 16.3. The number of carbonyl (C=O) groups excluding carboxylic acids is 3. The summed E-state index contributed by atoms with van der Waals surface area (Å²) in [5, 5.41) is 2.35. The molecular formula is C28H41N7O5S. The van der Waals surface area contributed by atoms with Gasteiger partial charge in [-0.1, -0.05) is 0 Å². The Morgan fingerprint density at radius 1 is 0.854 bits per heavy atom. The number of imide groups is 1. The van der Waals surface area contributed by atoms with Crippen molar-refractivity contribution in [1.82, 2.24) is 23.7 Å². The molecule has 224 valence electrons. The van der Waals surface area contributed by atoms with Gasteiger partial charge < -0.3 is 15.5 Å². The molecule has 0 spiro atoms. The summed E-state index contributed by atoms with van der Waals surface area (Å²) in [6, 6.07) is 5.43. The molecule has 1 aromatic carbocycles. The summed E-state index contributed by atoms with van der Waals surface area (Å²) < 4.78 is 29.4. The highest BCUT2D eigenvalue weighted by Crippen LogP contribution is 2.31. The van der Waals surface area contributed by atoms with E-state index >= 15 is 0 Å². The molecule has 13 heteroatoms. The Morgan fingerprint density at radius 2 is 1.51 bits per heavy atom. The van der Waals surface area contributed by atoms with Gasteiger partial charge in [0, 0.05) is 89.2 Å². The molecule has 0 aromatic heterocycles. The molecule has 4 fully saturated rings. The maximum atomic E-state index is 13.1. The smallest absolute Gasteiger partial charge is 0.281 e. The zero-order valence-electron chi connectivity index (χ0n) is 23.5. The minimum atomic E-state index is -3.39. The van der Waals surface area contributed by atoms with E-state index in [9.17, 15) is 22.8 Å². The van der Waals surface area contributed by atoms with Crippen LogP contribution in [0.3, 0.4) is 0 Å². The largest absolute Gasteiger partial charge is 0.369 e. The van der Waals surface area contributed by atoms with Crippen LogP contribution < -0.4 is 16.0 Å². The molecule has 0 radical (unpaired) electrons. The van der Waals surface area contributed by atoms with Crippen molar-refractivity contribution in [2.45, 2.75) is 57.2 Å². The molecule has 5 heterocycles. The van der Waals surface area contributed by atoms with Gasteiger partial charge in [-0.3, -0.25) is 24.6 Å². The van der Waals surface area contributed by atoms with Crippen molar-refractivity contribution in [3.63, 3.8) is 0 Å². The third-order valence-corrected chi connectivity index (χ3v) is 11.5. The van der Waals surface area contributed by atoms with E-state index in [0.29, 0.717) is 50.6 Å². The fourth-order valence-electron chi connectivity index (χ4n) is 6.90. The second-order valence-electron chi connectivity index (χ2n) is 12.1. The van der Waals surface area contributed by atoms with E-state index < -0.39 is 22.2 Å². The fraction of sp³-hybridized carbons (Fsp3) is 0.679. The first kappa shape index (κ1) is 28.5. The predicted molar refractivity (Wildman–Crippen MR) is 153 cm³/mol. The molecule has 0 saturated carbocycles. The van der Waals surface area contributed by atoms with Gasteiger partial charge in [0.25, 0.3) is 16.1 Å². The number of nitrogens with two attached hydrogens (primary N) is 1. The summed E-state index contributed by atoms with van der Waals surface area (Å²) in [4.78, 5) is 43.3. The molecule has 5 aliphatic rings. The highest BCUT2D eigenvalue weighted by Gasteiger charge is 2.39. The normalized spacial score (nSPS) is 26.5. The van der Waals surface area contributed by atoms with E-state index in [-0.39, 0.29) is 24.3 Å². The van der Waals surface area contributed by atoms with Crippen molar-refractivity contribution >= 4 is 33.6 Å². The highest BCUT2D eigenvalue weighted by atomic mass is 32.2. The Balaban J connectivity index is 0.978. The van der Waals surface area contributed by atoms with Crippen molar-refractivity contribution in [3.8, 4) is 0 Å². The van der Waals surface area contributed by atoms with Crippen molar-refractivity contribution in [3.05, 3.63) is 29.3 Å². The quantitative estimate of drug-likeness (QED) is 0.442. The Hall–Kier alpha value is -2.58. The van der Waals surface area contributed by atoms with Crippen molar-refractivity contribution in [1.29, 1.82) is 0 Å². The van der Waals surface area contributed by atoms with Crippen LogP contribution in [0.15, 0.2) is 18.2 Å². The maximum absolute atomic E-state index is 13.1. The number of piperidine rings is 3. The van der Waals surface area contributed by atoms with Crippen LogP contribution in [0.2, 0.25) is 0 Å². The average molecular weight is 588 g/mol. The molecule has 4 saturated heterocycles. The molecule has 1 atom stereocenters. The van der Waals surface area contributed by atoms with E-state index in [2.05, 4.69) is 21.2 Å². The van der Waals surface area contributed by atoms with E-state index in [4.69, 9.17) is 5.73 Å². The van der Waals surface area contributed by atoms with E-state index in [1.165, 1.54) is 0 Å². The lowest BCUT2D eigenvalue weighted by atomic mass is 9.97. The number of hydrogen-bond donors (Lipinski definition) is 2. The number of hydrogen-bond acceptors (Lipinski definition) is 8. The number of amides is 3. The minimum absolute atomic E-state index is 0.106. The summed E-state index contributed by atoms with van der Waals surface area (Å²) in [7, 11) is -3.39. The molecule has 0 bridgehead atoms. The zero-order valence-corrected chi connectivity index (χ0v) is 24.4. The number of benzene rings is 1. The number of nitrogens with zero attached hydrogens (tertiary/aromatic N) is 5. The van der Waals surface area contributed by atoms with Crippen LogP contribution >= 0.6 is 0 Å². The lowest BCUT2D eigenvalue weighted by molar-refractivity contribution is -0.136. The number of carbonyl (C=O) groups is 3. The highest BCUT2D eigenvalue weighted by molar-refractivity contribution is 7.86. The van der Waals surface area contributed by atoms with Crippen LogP contribution in [0.4, 0.5) is 5.69 Å². The SMILES string of the molecule is NC1CCN(S(=O)(=O)N2CCC(CN3CCN(c4ccc5c(c4)CN(C4CCC(=O)NC4=O)C5=O)CC3)CC2)CC1. The number of rotatable bonds is 6. The molecule has 12 nitrogen and oxygen atoms in total. The number of fused-ring (bicyclic) bond motifs is 1. The van der Waals surface area contributed by atoms with Gasteiger partial charge in [0.15, 0.2) is 0 Å². The maximum Gasteiger partial charge on any atom is 0.281 e. The molecule has 5 aliphatic heterocycles. The molecule has 3 amide bonds. The molecule has 6 rings (SSSR count). The standard InChI is InChI=1S/C28H41N7O5S/c29-22-7-11-34(12-8-22)41(39,40)33-9-5-20(6-10-33)18-31-13-15-32(16-14-31)23-1-2-24-21(17-23)19-35(28(24)38)25-3-4-26(36)30-27(25)37/h1-2,17,20,22,25H,3-16,18-19,29H2,(H,30,36,37). The van der Waals surface area contributed by atoms with Gasteiger partial charge in [-0.05, 0) is 61.8 Å². The molecule has 1 aromatic rings. The first-order valence-electron chi connectivity index (χ1n) is 14.9. The van der Waals surface area contributed by atoms with Crippen molar-refractivity contribution in [2.24, 2.45) is 11.7 Å². The predicted octanol–water partition coefficient (Wildman–Crippen LogP) is -0.0505. The monoisotopic (exact) mass is 587 g/mol. The summed E-state index contributed by atoms with van der Waals surface area (Å²) in [5.74, 6) is -0.329. The Kier molecular flexibility index (Phi) is 8.07. The molecule has 1 unspecified atom stereocenters. The Bertz CT molecular complexity index is 1280. The van der Waals surface area contributed by atoms with E-state index in [1.54, 1.807) is 13.5 Å². The van der Waals surface area contributed by atoms with Crippen LogP contribution in [-0.2, 0) is 26.3 Å². The molecule has 0 aliphatic carbocycles. The lowest BCUT2D eigenvalue weighted by Crippen LogP contribution is -2.52. The zero-order chi connectivity index (χ0) is 28.7.